The third-order valence-corrected chi connectivity index (χ3v) is 7.86. The minimum Gasteiger partial charge on any atom is -0.493 e. The Bertz CT molecular complexity index is 1560. The van der Waals surface area contributed by atoms with Crippen molar-refractivity contribution in [2.75, 3.05) is 13.2 Å². The van der Waals surface area contributed by atoms with Crippen molar-refractivity contribution in [3.63, 3.8) is 0 Å². The largest absolute Gasteiger partial charge is 0.493 e. The number of rotatable bonds is 16. The van der Waals surface area contributed by atoms with Gasteiger partial charge in [-0.2, -0.15) is 13.2 Å². The normalized spacial score (nSPS) is 11.8. The van der Waals surface area contributed by atoms with Crippen LogP contribution in [-0.4, -0.2) is 19.4 Å². The predicted octanol–water partition coefficient (Wildman–Crippen LogP) is 11.9. The van der Waals surface area contributed by atoms with Crippen LogP contribution >= 0.6 is 0 Å². The van der Waals surface area contributed by atoms with Crippen molar-refractivity contribution in [1.82, 2.24) is 0 Å². The Morgan fingerprint density at radius 1 is 0.449 bits per heavy atom. The molecule has 0 atom stereocenters. The number of alkyl halides is 3. The maximum absolute atomic E-state index is 14.5. The molecule has 0 saturated heterocycles. The molecule has 0 spiro atoms. The maximum Gasteiger partial charge on any atom is 0.391 e. The zero-order valence-electron chi connectivity index (χ0n) is 25.9. The molecule has 264 valence electrons. The maximum atomic E-state index is 14.5. The van der Waals surface area contributed by atoms with E-state index in [1.807, 2.05) is 0 Å². The molecule has 4 aromatic rings. The van der Waals surface area contributed by atoms with Gasteiger partial charge >= 0.3 is 6.18 Å². The van der Waals surface area contributed by atoms with Gasteiger partial charge in [-0.15, -0.1) is 0 Å². The van der Waals surface area contributed by atoms with Crippen molar-refractivity contribution in [2.24, 2.45) is 5.92 Å². The fourth-order valence-electron chi connectivity index (χ4n) is 5.25. The predicted molar refractivity (Wildman–Crippen MR) is 161 cm³/mol. The highest BCUT2D eigenvalue weighted by atomic mass is 19.4. The van der Waals surface area contributed by atoms with E-state index in [9.17, 15) is 48.3 Å². The molecule has 0 radical (unpaired) electrons. The first-order valence-electron chi connectivity index (χ1n) is 15.5. The van der Waals surface area contributed by atoms with Gasteiger partial charge in [0.25, 0.3) is 0 Å². The SMILES string of the molecule is Fc1cc(OCCCCCC(CCCCCOc2ccc(-c3cc(F)c(F)c(F)c3)c(F)c2)C(F)(F)F)ccc1-c1cc(F)c(F)c(F)c1. The van der Waals surface area contributed by atoms with Crippen LogP contribution in [0.15, 0.2) is 60.7 Å². The van der Waals surface area contributed by atoms with Gasteiger partial charge in [-0.25, -0.2) is 35.1 Å². The summed E-state index contributed by atoms with van der Waals surface area (Å²) >= 11 is 0. The van der Waals surface area contributed by atoms with Gasteiger partial charge in [0, 0.05) is 23.3 Å². The van der Waals surface area contributed by atoms with Gasteiger partial charge in [-0.1, -0.05) is 25.7 Å². The Labute approximate surface area is 275 Å². The van der Waals surface area contributed by atoms with Crippen LogP contribution in [-0.2, 0) is 0 Å². The van der Waals surface area contributed by atoms with Crippen LogP contribution in [0.5, 0.6) is 11.5 Å². The van der Waals surface area contributed by atoms with E-state index in [1.165, 1.54) is 24.3 Å². The summed E-state index contributed by atoms with van der Waals surface area (Å²) in [5.41, 5.74) is -0.728. The smallest absolute Gasteiger partial charge is 0.391 e. The number of halogens is 11. The van der Waals surface area contributed by atoms with Crippen molar-refractivity contribution in [1.29, 1.82) is 0 Å². The van der Waals surface area contributed by atoms with Crippen molar-refractivity contribution in [3.05, 3.63) is 107 Å². The minimum atomic E-state index is -4.38. The summed E-state index contributed by atoms with van der Waals surface area (Å²) < 4.78 is 161. The average molecular weight is 705 g/mol. The van der Waals surface area contributed by atoms with E-state index in [0.717, 1.165) is 12.1 Å². The fourth-order valence-corrected chi connectivity index (χ4v) is 5.25. The van der Waals surface area contributed by atoms with Gasteiger partial charge in [-0.05, 0) is 85.3 Å². The lowest BCUT2D eigenvalue weighted by Gasteiger charge is -2.20. The lowest BCUT2D eigenvalue weighted by atomic mass is 9.94. The quantitative estimate of drug-likeness (QED) is 0.0657. The van der Waals surface area contributed by atoms with Gasteiger partial charge < -0.3 is 9.47 Å². The molecule has 0 aliphatic carbocycles. The van der Waals surface area contributed by atoms with E-state index in [1.54, 1.807) is 0 Å². The molecule has 4 aromatic carbocycles. The molecule has 0 aromatic heterocycles. The first-order chi connectivity index (χ1) is 23.2. The van der Waals surface area contributed by atoms with Gasteiger partial charge in [0.15, 0.2) is 34.9 Å². The highest BCUT2D eigenvalue weighted by molar-refractivity contribution is 5.66. The van der Waals surface area contributed by atoms with Crippen molar-refractivity contribution < 1.29 is 57.8 Å². The second kappa shape index (κ2) is 16.9. The summed E-state index contributed by atoms with van der Waals surface area (Å²) in [5, 5.41) is 0. The first-order valence-corrected chi connectivity index (χ1v) is 15.5. The summed E-state index contributed by atoms with van der Waals surface area (Å²) in [6, 6.07) is 9.83. The number of benzene rings is 4. The fraction of sp³-hybridized carbons (Fsp3) is 0.333. The lowest BCUT2D eigenvalue weighted by Crippen LogP contribution is -2.23. The van der Waals surface area contributed by atoms with Crippen molar-refractivity contribution in [2.45, 2.75) is 57.5 Å². The monoisotopic (exact) mass is 704 g/mol. The number of hydrogen-bond acceptors (Lipinski definition) is 2. The molecule has 13 heteroatoms. The van der Waals surface area contributed by atoms with Crippen LogP contribution in [0.25, 0.3) is 22.3 Å². The molecule has 0 amide bonds. The molecule has 4 rings (SSSR count). The molecule has 2 nitrogen and oxygen atoms in total. The van der Waals surface area contributed by atoms with Crippen LogP contribution in [0.1, 0.15) is 51.4 Å². The molecule has 0 heterocycles. The van der Waals surface area contributed by atoms with Crippen LogP contribution < -0.4 is 9.47 Å². The second-order valence-corrected chi connectivity index (χ2v) is 11.4. The van der Waals surface area contributed by atoms with E-state index >= 15 is 0 Å². The van der Waals surface area contributed by atoms with E-state index < -0.39 is 58.6 Å². The van der Waals surface area contributed by atoms with Crippen molar-refractivity contribution >= 4 is 0 Å². The zero-order chi connectivity index (χ0) is 35.7. The van der Waals surface area contributed by atoms with E-state index in [-0.39, 0.29) is 72.6 Å². The first kappa shape index (κ1) is 37.5. The van der Waals surface area contributed by atoms with Crippen LogP contribution in [0.2, 0.25) is 0 Å². The van der Waals surface area contributed by atoms with Crippen molar-refractivity contribution in [3.8, 4) is 33.8 Å². The highest BCUT2D eigenvalue weighted by Crippen LogP contribution is 2.35. The van der Waals surface area contributed by atoms with E-state index in [2.05, 4.69) is 0 Å². The number of hydrogen-bond donors (Lipinski definition) is 0. The Morgan fingerprint density at radius 3 is 1.14 bits per heavy atom. The Balaban J connectivity index is 1.13. The summed E-state index contributed by atoms with van der Waals surface area (Å²) in [6.45, 7) is 0.205. The summed E-state index contributed by atoms with van der Waals surface area (Å²) in [5.74, 6) is -12.2. The third kappa shape index (κ3) is 10.4. The summed E-state index contributed by atoms with van der Waals surface area (Å²) in [4.78, 5) is 0. The van der Waals surface area contributed by atoms with E-state index in [4.69, 9.17) is 9.47 Å². The standard InChI is InChI=1S/C36H31F11O2/c37-28-19-24(9-11-26(28)21-15-30(39)34(43)31(40)16-21)48-13-5-1-3-7-23(36(45,46)47)8-4-2-6-14-49-25-10-12-27(29(38)20-25)22-17-32(41)35(44)33(42)18-22/h9-12,15-20,23H,1-8,13-14H2. The lowest BCUT2D eigenvalue weighted by molar-refractivity contribution is -0.178. The number of ether oxygens (including phenoxy) is 2. The van der Waals surface area contributed by atoms with E-state index in [0.29, 0.717) is 49.9 Å². The summed E-state index contributed by atoms with van der Waals surface area (Å²) in [7, 11) is 0. The van der Waals surface area contributed by atoms with Gasteiger partial charge in [0.05, 0.1) is 19.1 Å². The van der Waals surface area contributed by atoms with Crippen LogP contribution in [0, 0.1) is 52.5 Å². The molecular weight excluding hydrogens is 673 g/mol. The molecule has 0 aliphatic heterocycles. The van der Waals surface area contributed by atoms with Crippen LogP contribution in [0.4, 0.5) is 48.3 Å². The Kier molecular flexibility index (Phi) is 12.9. The molecule has 49 heavy (non-hydrogen) atoms. The molecule has 0 aliphatic rings. The van der Waals surface area contributed by atoms with Gasteiger partial charge in [0.2, 0.25) is 0 Å². The Morgan fingerprint density at radius 2 is 0.816 bits per heavy atom. The van der Waals surface area contributed by atoms with Gasteiger partial charge in [-0.3, -0.25) is 0 Å². The zero-order valence-corrected chi connectivity index (χ0v) is 25.9. The molecule has 0 saturated carbocycles. The number of unbranched alkanes of at least 4 members (excludes halogenated alkanes) is 4. The molecule has 0 fully saturated rings. The van der Waals surface area contributed by atoms with Crippen LogP contribution in [0.3, 0.4) is 0 Å². The molecular formula is C36H31F11O2. The highest BCUT2D eigenvalue weighted by Gasteiger charge is 2.38. The average Bonchev–Trinajstić information content (AvgIpc) is 3.03. The molecule has 0 unspecified atom stereocenters. The minimum absolute atomic E-state index is 0.0818. The summed E-state index contributed by atoms with van der Waals surface area (Å²) in [6.07, 6.45) is -2.32. The Hall–Kier alpha value is -4.29. The van der Waals surface area contributed by atoms with Gasteiger partial charge in [0.1, 0.15) is 23.1 Å². The topological polar surface area (TPSA) is 18.5 Å². The third-order valence-electron chi connectivity index (χ3n) is 7.86. The molecule has 0 bridgehead atoms. The molecule has 0 N–H and O–H groups in total. The second-order valence-electron chi connectivity index (χ2n) is 11.4.